The number of non-ortho nitro benzene ring substituents is 1. The maximum Gasteiger partial charge on any atom is 0.415 e. The number of carbonyl (C=O) groups is 2. The summed E-state index contributed by atoms with van der Waals surface area (Å²) in [6.07, 6.45) is 0.653. The summed E-state index contributed by atoms with van der Waals surface area (Å²) in [5.41, 5.74) is 0.179. The van der Waals surface area contributed by atoms with Crippen LogP contribution in [0, 0.1) is 28.4 Å². The predicted octanol–water partition coefficient (Wildman–Crippen LogP) is 3.15. The standard InChI is InChI=1S/C24H25N3O7S/c1-16-2-8-20(9-3-16)35(32,33)25-12-10-17-14-21(28)22-24(17,15-25)11-13-26(22)23(29)34-19-6-4-18(5-7-19)27(30)31/h2-9,17,22H,10-15H2,1H3/t17-,22-,24-/m0/s1. The normalized spacial score (nSPS) is 26.3. The van der Waals surface area contributed by atoms with Gasteiger partial charge in [-0.3, -0.25) is 19.8 Å². The summed E-state index contributed by atoms with van der Waals surface area (Å²) < 4.78 is 33.6. The fourth-order valence-electron chi connectivity index (χ4n) is 5.83. The number of nitro benzene ring substituents is 1. The van der Waals surface area contributed by atoms with Crippen molar-refractivity contribution in [2.24, 2.45) is 11.3 Å². The van der Waals surface area contributed by atoms with E-state index < -0.39 is 32.5 Å². The van der Waals surface area contributed by atoms with Gasteiger partial charge in [-0.1, -0.05) is 17.7 Å². The minimum absolute atomic E-state index is 0.00152. The summed E-state index contributed by atoms with van der Waals surface area (Å²) in [5.74, 6) is 0.0557. The summed E-state index contributed by atoms with van der Waals surface area (Å²) in [6, 6.07) is 11.1. The van der Waals surface area contributed by atoms with E-state index >= 15 is 0 Å². The summed E-state index contributed by atoms with van der Waals surface area (Å²) in [6.45, 7) is 2.66. The van der Waals surface area contributed by atoms with Crippen LogP contribution < -0.4 is 4.74 Å². The number of sulfonamides is 1. The van der Waals surface area contributed by atoms with Crippen molar-refractivity contribution in [3.8, 4) is 5.75 Å². The third-order valence-corrected chi connectivity index (χ3v) is 9.44. The molecular formula is C24H25N3O7S. The fourth-order valence-corrected chi connectivity index (χ4v) is 7.37. The highest BCUT2D eigenvalue weighted by Gasteiger charge is 2.64. The molecule has 0 unspecified atom stereocenters. The zero-order valence-corrected chi connectivity index (χ0v) is 19.9. The summed E-state index contributed by atoms with van der Waals surface area (Å²) >= 11 is 0. The Balaban J connectivity index is 1.37. The summed E-state index contributed by atoms with van der Waals surface area (Å²) in [4.78, 5) is 38.0. The molecule has 3 aliphatic rings. The van der Waals surface area contributed by atoms with Gasteiger partial charge in [0.25, 0.3) is 5.69 Å². The topological polar surface area (TPSA) is 127 Å². The lowest BCUT2D eigenvalue weighted by Gasteiger charge is -2.43. The van der Waals surface area contributed by atoms with Crippen molar-refractivity contribution in [2.45, 2.75) is 37.1 Å². The SMILES string of the molecule is Cc1ccc(S(=O)(=O)N2CC[C@H]3CC(=O)[C@@H]4N(C(=O)Oc5ccc([N+](=O)[O-])cc5)CC[C@]34C2)cc1. The van der Waals surface area contributed by atoms with E-state index in [2.05, 4.69) is 0 Å². The van der Waals surface area contributed by atoms with Gasteiger partial charge in [0, 0.05) is 43.6 Å². The van der Waals surface area contributed by atoms with E-state index in [4.69, 9.17) is 4.74 Å². The lowest BCUT2D eigenvalue weighted by molar-refractivity contribution is -0.384. The first-order valence-corrected chi connectivity index (χ1v) is 12.9. The second-order valence-corrected chi connectivity index (χ2v) is 11.4. The molecule has 0 radical (unpaired) electrons. The molecule has 3 fully saturated rings. The van der Waals surface area contributed by atoms with Crippen LogP contribution >= 0.6 is 0 Å². The lowest BCUT2D eigenvalue weighted by Crippen LogP contribution is -2.54. The first-order valence-electron chi connectivity index (χ1n) is 11.4. The number of ether oxygens (including phenoxy) is 1. The Morgan fingerprint density at radius 1 is 1.11 bits per heavy atom. The van der Waals surface area contributed by atoms with E-state index in [1.54, 1.807) is 24.3 Å². The monoisotopic (exact) mass is 499 g/mol. The fraction of sp³-hybridized carbons (Fsp3) is 0.417. The van der Waals surface area contributed by atoms with Gasteiger partial charge in [-0.15, -0.1) is 0 Å². The number of nitrogens with zero attached hydrogens (tertiary/aromatic N) is 3. The molecule has 1 amide bonds. The molecule has 2 aromatic rings. The second-order valence-electron chi connectivity index (χ2n) is 9.51. The Morgan fingerprint density at radius 3 is 2.46 bits per heavy atom. The van der Waals surface area contributed by atoms with Crippen LogP contribution in [0.5, 0.6) is 5.75 Å². The molecule has 2 heterocycles. The van der Waals surface area contributed by atoms with Gasteiger partial charge >= 0.3 is 6.09 Å². The molecule has 0 aromatic heterocycles. The van der Waals surface area contributed by atoms with Crippen molar-refractivity contribution in [1.82, 2.24) is 9.21 Å². The molecule has 2 aliphatic heterocycles. The number of piperidine rings is 1. The number of aryl methyl sites for hydroxylation is 1. The van der Waals surface area contributed by atoms with E-state index in [-0.39, 0.29) is 41.1 Å². The number of hydrogen-bond donors (Lipinski definition) is 0. The molecule has 0 bridgehead atoms. The van der Waals surface area contributed by atoms with Gasteiger partial charge in [-0.2, -0.15) is 4.31 Å². The van der Waals surface area contributed by atoms with Crippen molar-refractivity contribution in [1.29, 1.82) is 0 Å². The van der Waals surface area contributed by atoms with Crippen LogP contribution in [0.15, 0.2) is 53.4 Å². The first kappa shape index (κ1) is 23.4. The van der Waals surface area contributed by atoms with Crippen LogP contribution in [0.25, 0.3) is 0 Å². The molecular weight excluding hydrogens is 474 g/mol. The third-order valence-electron chi connectivity index (χ3n) is 7.58. The molecule has 0 N–H and O–H groups in total. The number of Topliss-reactive ketones (excluding diaryl/α,β-unsaturated/α-hetero) is 1. The van der Waals surface area contributed by atoms with E-state index in [1.165, 1.54) is 33.5 Å². The number of ketones is 1. The maximum absolute atomic E-state index is 13.4. The van der Waals surface area contributed by atoms with Gasteiger partial charge in [-0.25, -0.2) is 13.2 Å². The average molecular weight is 500 g/mol. The summed E-state index contributed by atoms with van der Waals surface area (Å²) in [7, 11) is -3.74. The molecule has 2 aromatic carbocycles. The van der Waals surface area contributed by atoms with Gasteiger partial charge < -0.3 is 4.74 Å². The molecule has 2 saturated heterocycles. The van der Waals surface area contributed by atoms with E-state index in [0.717, 1.165) is 5.56 Å². The van der Waals surface area contributed by atoms with Gasteiger partial charge in [-0.05, 0) is 49.9 Å². The lowest BCUT2D eigenvalue weighted by atomic mass is 9.71. The molecule has 184 valence electrons. The smallest absolute Gasteiger partial charge is 0.410 e. The molecule has 10 nitrogen and oxygen atoms in total. The number of amides is 1. The van der Waals surface area contributed by atoms with Crippen LogP contribution in [-0.2, 0) is 14.8 Å². The van der Waals surface area contributed by atoms with E-state index in [9.17, 15) is 28.1 Å². The zero-order valence-electron chi connectivity index (χ0n) is 19.1. The molecule has 5 rings (SSSR count). The Bertz CT molecular complexity index is 1290. The highest BCUT2D eigenvalue weighted by molar-refractivity contribution is 7.89. The van der Waals surface area contributed by atoms with Crippen molar-refractivity contribution < 1.29 is 27.7 Å². The number of benzene rings is 2. The van der Waals surface area contributed by atoms with Crippen molar-refractivity contribution >= 4 is 27.6 Å². The van der Waals surface area contributed by atoms with Crippen molar-refractivity contribution in [3.05, 3.63) is 64.2 Å². The Morgan fingerprint density at radius 2 is 1.80 bits per heavy atom. The molecule has 1 saturated carbocycles. The first-order chi connectivity index (χ1) is 16.6. The van der Waals surface area contributed by atoms with Gasteiger partial charge in [0.15, 0.2) is 5.78 Å². The Labute approximate surface area is 202 Å². The van der Waals surface area contributed by atoms with Crippen LogP contribution in [-0.4, -0.2) is 60.1 Å². The Kier molecular flexibility index (Phi) is 5.64. The van der Waals surface area contributed by atoms with Crippen LogP contribution in [0.3, 0.4) is 0 Å². The highest BCUT2D eigenvalue weighted by atomic mass is 32.2. The molecule has 35 heavy (non-hydrogen) atoms. The number of likely N-dealkylation sites (tertiary alicyclic amines) is 1. The number of hydrogen-bond acceptors (Lipinski definition) is 7. The van der Waals surface area contributed by atoms with Gasteiger partial charge in [0.05, 0.1) is 9.82 Å². The van der Waals surface area contributed by atoms with E-state index in [0.29, 0.717) is 25.8 Å². The van der Waals surface area contributed by atoms with Crippen LogP contribution in [0.1, 0.15) is 24.8 Å². The predicted molar refractivity (Wildman–Crippen MR) is 124 cm³/mol. The molecule has 3 atom stereocenters. The van der Waals surface area contributed by atoms with Gasteiger partial charge in [0.2, 0.25) is 10.0 Å². The van der Waals surface area contributed by atoms with Crippen molar-refractivity contribution in [2.75, 3.05) is 19.6 Å². The minimum atomic E-state index is -3.74. The third kappa shape index (κ3) is 3.88. The quantitative estimate of drug-likeness (QED) is 0.467. The van der Waals surface area contributed by atoms with E-state index in [1.807, 2.05) is 6.92 Å². The number of rotatable bonds is 4. The highest BCUT2D eigenvalue weighted by Crippen LogP contribution is 2.55. The number of nitro groups is 1. The Hall–Kier alpha value is -3.31. The second kappa shape index (κ2) is 8.42. The molecule has 11 heteroatoms. The van der Waals surface area contributed by atoms with Gasteiger partial charge in [0.1, 0.15) is 11.8 Å². The summed E-state index contributed by atoms with van der Waals surface area (Å²) in [5, 5.41) is 10.8. The maximum atomic E-state index is 13.4. The minimum Gasteiger partial charge on any atom is -0.410 e. The average Bonchev–Trinajstić information content (AvgIpc) is 3.33. The van der Waals surface area contributed by atoms with Crippen LogP contribution in [0.4, 0.5) is 10.5 Å². The zero-order chi connectivity index (χ0) is 25.0. The molecule has 1 aliphatic carbocycles. The van der Waals surface area contributed by atoms with Crippen LogP contribution in [0.2, 0.25) is 0 Å². The molecule has 1 spiro atoms. The largest absolute Gasteiger partial charge is 0.415 e. The number of carbonyl (C=O) groups excluding carboxylic acids is 2. The van der Waals surface area contributed by atoms with Crippen molar-refractivity contribution in [3.63, 3.8) is 0 Å².